The van der Waals surface area contributed by atoms with Gasteiger partial charge in [0.1, 0.15) is 0 Å². The Balaban J connectivity index is 1.79. The number of nitrogens with zero attached hydrogens (tertiary/aromatic N) is 1. The first kappa shape index (κ1) is 10.2. The van der Waals surface area contributed by atoms with E-state index in [0.717, 1.165) is 22.6 Å². The fourth-order valence-corrected chi connectivity index (χ4v) is 3.83. The molecule has 3 rings (SSSR count). The minimum Gasteiger partial charge on any atom is -0.293 e. The van der Waals surface area contributed by atoms with Crippen LogP contribution in [-0.2, 0) is 19.3 Å². The zero-order chi connectivity index (χ0) is 11.0. The lowest BCUT2D eigenvalue weighted by Gasteiger charge is -1.94. The van der Waals surface area contributed by atoms with E-state index in [1.54, 1.807) is 34.4 Å². The molecule has 2 aromatic rings. The first-order chi connectivity index (χ1) is 7.83. The maximum atomic E-state index is 12.0. The normalized spacial score (nSPS) is 14.0. The molecule has 2 aromatic heterocycles. The second kappa shape index (κ2) is 4.11. The van der Waals surface area contributed by atoms with Crippen molar-refractivity contribution in [3.05, 3.63) is 38.0 Å². The van der Waals surface area contributed by atoms with E-state index < -0.39 is 0 Å². The number of aromatic nitrogens is 1. The van der Waals surface area contributed by atoms with Crippen molar-refractivity contribution in [2.75, 3.05) is 0 Å². The smallest absolute Gasteiger partial charge is 0.178 e. The standard InChI is InChI=1S/C12H11NOS2/c14-10(5-9-6-13-7-15-9)12-4-8-2-1-3-11(8)16-12/h4,6-7H,1-3,5H2. The van der Waals surface area contributed by atoms with E-state index in [-0.39, 0.29) is 5.78 Å². The number of carbonyl (C=O) groups is 1. The van der Waals surface area contributed by atoms with E-state index in [0.29, 0.717) is 6.42 Å². The Morgan fingerprint density at radius 3 is 3.12 bits per heavy atom. The highest BCUT2D eigenvalue weighted by molar-refractivity contribution is 7.14. The summed E-state index contributed by atoms with van der Waals surface area (Å²) >= 11 is 3.24. The summed E-state index contributed by atoms with van der Waals surface area (Å²) in [5.74, 6) is 0.239. The molecule has 16 heavy (non-hydrogen) atoms. The van der Waals surface area contributed by atoms with Gasteiger partial charge in [0.25, 0.3) is 0 Å². The molecule has 0 unspecified atom stereocenters. The lowest BCUT2D eigenvalue weighted by Crippen LogP contribution is -1.99. The molecule has 1 aliphatic carbocycles. The molecule has 0 aliphatic heterocycles. The van der Waals surface area contributed by atoms with Crippen molar-refractivity contribution in [2.45, 2.75) is 25.7 Å². The first-order valence-corrected chi connectivity index (χ1v) is 7.04. The number of thiophene rings is 1. The fraction of sp³-hybridized carbons (Fsp3) is 0.333. The molecule has 0 bridgehead atoms. The maximum absolute atomic E-state index is 12.0. The monoisotopic (exact) mass is 249 g/mol. The predicted molar refractivity (Wildman–Crippen MR) is 66.5 cm³/mol. The van der Waals surface area contributed by atoms with Crippen LogP contribution in [0.2, 0.25) is 0 Å². The molecule has 0 spiro atoms. The summed E-state index contributed by atoms with van der Waals surface area (Å²) in [6.45, 7) is 0. The van der Waals surface area contributed by atoms with Gasteiger partial charge in [0.2, 0.25) is 0 Å². The van der Waals surface area contributed by atoms with E-state index in [4.69, 9.17) is 0 Å². The van der Waals surface area contributed by atoms with Gasteiger partial charge >= 0.3 is 0 Å². The third-order valence-electron chi connectivity index (χ3n) is 2.84. The second-order valence-electron chi connectivity index (χ2n) is 3.98. The molecule has 2 heterocycles. The number of rotatable bonds is 3. The summed E-state index contributed by atoms with van der Waals surface area (Å²) in [6, 6.07) is 2.09. The van der Waals surface area contributed by atoms with Crippen molar-refractivity contribution in [1.29, 1.82) is 0 Å². The van der Waals surface area contributed by atoms with Gasteiger partial charge in [0.05, 0.1) is 10.4 Å². The van der Waals surface area contributed by atoms with Gasteiger partial charge in [-0.15, -0.1) is 22.7 Å². The second-order valence-corrected chi connectivity index (χ2v) is 6.09. The highest BCUT2D eigenvalue weighted by Gasteiger charge is 2.18. The number of ketones is 1. The van der Waals surface area contributed by atoms with Crippen molar-refractivity contribution in [1.82, 2.24) is 4.98 Å². The molecular weight excluding hydrogens is 238 g/mol. The first-order valence-electron chi connectivity index (χ1n) is 5.35. The van der Waals surface area contributed by atoms with Crippen LogP contribution in [0.15, 0.2) is 17.8 Å². The molecular formula is C12H11NOS2. The van der Waals surface area contributed by atoms with Crippen molar-refractivity contribution in [3.8, 4) is 0 Å². The zero-order valence-corrected chi connectivity index (χ0v) is 10.4. The van der Waals surface area contributed by atoms with Crippen LogP contribution in [0.3, 0.4) is 0 Å². The third-order valence-corrected chi connectivity index (χ3v) is 4.90. The Morgan fingerprint density at radius 1 is 1.44 bits per heavy atom. The Kier molecular flexibility index (Phi) is 2.61. The van der Waals surface area contributed by atoms with Crippen molar-refractivity contribution in [2.24, 2.45) is 0 Å². The summed E-state index contributed by atoms with van der Waals surface area (Å²) in [7, 11) is 0. The molecule has 0 N–H and O–H groups in total. The summed E-state index contributed by atoms with van der Waals surface area (Å²) in [6.07, 6.45) is 5.85. The molecule has 0 radical (unpaired) electrons. The van der Waals surface area contributed by atoms with Crippen LogP contribution in [0.1, 0.15) is 31.4 Å². The van der Waals surface area contributed by atoms with Gasteiger partial charge < -0.3 is 0 Å². The number of aryl methyl sites for hydroxylation is 2. The van der Waals surface area contributed by atoms with E-state index in [1.807, 2.05) is 0 Å². The Hall–Kier alpha value is -1.00. The number of thiazole rings is 1. The van der Waals surface area contributed by atoms with Gasteiger partial charge in [-0.3, -0.25) is 9.78 Å². The van der Waals surface area contributed by atoms with Gasteiger partial charge in [-0.25, -0.2) is 0 Å². The Labute approximate surface area is 102 Å². The molecule has 0 atom stereocenters. The van der Waals surface area contributed by atoms with E-state index in [9.17, 15) is 4.79 Å². The summed E-state index contributed by atoms with van der Waals surface area (Å²) < 4.78 is 0. The lowest BCUT2D eigenvalue weighted by atomic mass is 10.2. The maximum Gasteiger partial charge on any atom is 0.178 e. The molecule has 0 saturated heterocycles. The van der Waals surface area contributed by atoms with Crippen LogP contribution in [0.5, 0.6) is 0 Å². The third kappa shape index (κ3) is 1.83. The number of carbonyl (C=O) groups excluding carboxylic acids is 1. The molecule has 2 nitrogen and oxygen atoms in total. The SMILES string of the molecule is O=C(Cc1cncs1)c1cc2c(s1)CCC2. The molecule has 0 fully saturated rings. The number of hydrogen-bond donors (Lipinski definition) is 0. The van der Waals surface area contributed by atoms with Crippen molar-refractivity contribution < 1.29 is 4.79 Å². The van der Waals surface area contributed by atoms with E-state index in [2.05, 4.69) is 11.1 Å². The molecule has 0 amide bonds. The van der Waals surface area contributed by atoms with Crippen LogP contribution in [0.25, 0.3) is 0 Å². The summed E-state index contributed by atoms with van der Waals surface area (Å²) in [5, 5.41) is 0. The van der Waals surface area contributed by atoms with Gasteiger partial charge in [-0.2, -0.15) is 0 Å². The van der Waals surface area contributed by atoms with Gasteiger partial charge in [-0.05, 0) is 30.9 Å². The Bertz CT molecular complexity index is 492. The quantitative estimate of drug-likeness (QED) is 0.782. The van der Waals surface area contributed by atoms with E-state index >= 15 is 0 Å². The van der Waals surface area contributed by atoms with Crippen molar-refractivity contribution >= 4 is 28.5 Å². The van der Waals surface area contributed by atoms with Crippen LogP contribution in [0, 0.1) is 0 Å². The van der Waals surface area contributed by atoms with Gasteiger partial charge in [0, 0.05) is 22.4 Å². The fourth-order valence-electron chi connectivity index (χ4n) is 2.04. The molecule has 82 valence electrons. The summed E-state index contributed by atoms with van der Waals surface area (Å²) in [4.78, 5) is 19.4. The zero-order valence-electron chi connectivity index (χ0n) is 8.73. The lowest BCUT2D eigenvalue weighted by molar-refractivity contribution is 0.0997. The highest BCUT2D eigenvalue weighted by atomic mass is 32.1. The minimum atomic E-state index is 0.239. The van der Waals surface area contributed by atoms with Gasteiger partial charge in [0.15, 0.2) is 5.78 Å². The van der Waals surface area contributed by atoms with Crippen LogP contribution in [0.4, 0.5) is 0 Å². The van der Waals surface area contributed by atoms with Crippen molar-refractivity contribution in [3.63, 3.8) is 0 Å². The van der Waals surface area contributed by atoms with Crippen LogP contribution in [-0.4, -0.2) is 10.8 Å². The summed E-state index contributed by atoms with van der Waals surface area (Å²) in [5.41, 5.74) is 3.18. The van der Waals surface area contributed by atoms with E-state index in [1.165, 1.54) is 16.9 Å². The number of hydrogen-bond acceptors (Lipinski definition) is 4. The van der Waals surface area contributed by atoms with Crippen LogP contribution < -0.4 is 0 Å². The highest BCUT2D eigenvalue weighted by Crippen LogP contribution is 2.31. The predicted octanol–water partition coefficient (Wildman–Crippen LogP) is 3.12. The number of fused-ring (bicyclic) bond motifs is 1. The molecule has 0 saturated carbocycles. The topological polar surface area (TPSA) is 30.0 Å². The molecule has 4 heteroatoms. The minimum absolute atomic E-state index is 0.239. The van der Waals surface area contributed by atoms with Crippen LogP contribution >= 0.6 is 22.7 Å². The average molecular weight is 249 g/mol. The Morgan fingerprint density at radius 2 is 2.38 bits per heavy atom. The largest absolute Gasteiger partial charge is 0.293 e. The number of Topliss-reactive ketones (excluding diaryl/α,β-unsaturated/α-hetero) is 1. The molecule has 1 aliphatic rings. The molecule has 0 aromatic carbocycles. The average Bonchev–Trinajstić information content (AvgIpc) is 2.91. The van der Waals surface area contributed by atoms with Gasteiger partial charge in [-0.1, -0.05) is 0 Å².